The second-order valence-corrected chi connectivity index (χ2v) is 3.82. The third-order valence-corrected chi connectivity index (χ3v) is 2.41. The molecule has 0 spiro atoms. The van der Waals surface area contributed by atoms with Gasteiger partial charge in [-0.2, -0.15) is 0 Å². The predicted octanol–water partition coefficient (Wildman–Crippen LogP) is 3.03. The lowest BCUT2D eigenvalue weighted by atomic mass is 10.3. The first-order valence-corrected chi connectivity index (χ1v) is 6.02. The average molecular weight is 288 g/mol. The van der Waals surface area contributed by atoms with Crippen LogP contribution in [0.4, 0.5) is 10.5 Å². The Morgan fingerprint density at radius 1 is 1.38 bits per heavy atom. The van der Waals surface area contributed by atoms with Crippen LogP contribution in [0.3, 0.4) is 0 Å². The molecule has 16 heavy (non-hydrogen) atoms. The minimum atomic E-state index is -0.439. The molecule has 0 bridgehead atoms. The van der Waals surface area contributed by atoms with Crippen LogP contribution < -0.4 is 10.1 Å². The summed E-state index contributed by atoms with van der Waals surface area (Å²) < 4.78 is 9.94. The molecule has 0 saturated heterocycles. The second kappa shape index (κ2) is 7.11. The van der Waals surface area contributed by atoms with E-state index in [9.17, 15) is 4.79 Å². The summed E-state index contributed by atoms with van der Waals surface area (Å²) in [5, 5.41) is 3.44. The van der Waals surface area contributed by atoms with Crippen molar-refractivity contribution in [3.05, 3.63) is 24.3 Å². The molecule has 88 valence electrons. The summed E-state index contributed by atoms with van der Waals surface area (Å²) in [5.41, 5.74) is 0.685. The quantitative estimate of drug-likeness (QED) is 0.669. The van der Waals surface area contributed by atoms with Gasteiger partial charge in [-0.05, 0) is 30.7 Å². The summed E-state index contributed by atoms with van der Waals surface area (Å²) >= 11 is 3.26. The highest BCUT2D eigenvalue weighted by molar-refractivity contribution is 9.09. The van der Waals surface area contributed by atoms with Crippen LogP contribution in [-0.4, -0.2) is 25.1 Å². The molecule has 1 N–H and O–H groups in total. The number of halogens is 1. The normalized spacial score (nSPS) is 9.62. The Bertz CT molecular complexity index is 327. The molecule has 0 aliphatic heterocycles. The Labute approximate surface area is 103 Å². The first-order chi connectivity index (χ1) is 7.76. The van der Waals surface area contributed by atoms with Crippen LogP contribution in [0, 0.1) is 0 Å². The molecule has 0 aliphatic carbocycles. The van der Waals surface area contributed by atoms with Gasteiger partial charge < -0.3 is 9.47 Å². The maximum atomic E-state index is 11.3. The number of hydrogen-bond donors (Lipinski definition) is 1. The van der Waals surface area contributed by atoms with Crippen molar-refractivity contribution in [2.24, 2.45) is 0 Å². The van der Waals surface area contributed by atoms with E-state index in [4.69, 9.17) is 9.47 Å². The second-order valence-electron chi connectivity index (χ2n) is 3.03. The van der Waals surface area contributed by atoms with Crippen molar-refractivity contribution in [3.63, 3.8) is 0 Å². The van der Waals surface area contributed by atoms with Gasteiger partial charge in [0.25, 0.3) is 0 Å². The van der Waals surface area contributed by atoms with Crippen molar-refractivity contribution in [2.75, 3.05) is 24.4 Å². The van der Waals surface area contributed by atoms with E-state index in [-0.39, 0.29) is 0 Å². The van der Waals surface area contributed by atoms with Gasteiger partial charge in [0.1, 0.15) is 5.75 Å². The van der Waals surface area contributed by atoms with Gasteiger partial charge in [-0.1, -0.05) is 15.9 Å². The molecule has 0 aliphatic rings. The van der Waals surface area contributed by atoms with Gasteiger partial charge >= 0.3 is 6.09 Å². The van der Waals surface area contributed by atoms with E-state index in [0.29, 0.717) is 12.3 Å². The average Bonchev–Trinajstić information content (AvgIpc) is 2.30. The molecule has 1 aromatic rings. The molecule has 4 nitrogen and oxygen atoms in total. The Kier molecular flexibility index (Phi) is 5.71. The minimum absolute atomic E-state index is 0.410. The molecule has 1 aromatic carbocycles. The number of methoxy groups -OCH3 is 1. The molecule has 0 radical (unpaired) electrons. The molecule has 5 heteroatoms. The number of carbonyl (C=O) groups excluding carboxylic acids is 1. The molecule has 0 aromatic heterocycles. The summed E-state index contributed by atoms with van der Waals surface area (Å²) in [5.74, 6) is 0.748. The molecule has 0 heterocycles. The fourth-order valence-corrected chi connectivity index (χ4v) is 1.28. The maximum Gasteiger partial charge on any atom is 0.411 e. The van der Waals surface area contributed by atoms with Crippen LogP contribution in [0.25, 0.3) is 0 Å². The number of anilines is 1. The summed E-state index contributed by atoms with van der Waals surface area (Å²) in [6, 6.07) is 7.05. The van der Waals surface area contributed by atoms with Gasteiger partial charge in [0, 0.05) is 11.0 Å². The highest BCUT2D eigenvalue weighted by atomic mass is 79.9. The smallest absolute Gasteiger partial charge is 0.411 e. The van der Waals surface area contributed by atoms with Crippen molar-refractivity contribution in [3.8, 4) is 5.75 Å². The first-order valence-electron chi connectivity index (χ1n) is 4.90. The maximum absolute atomic E-state index is 11.3. The molecular weight excluding hydrogens is 274 g/mol. The SMILES string of the molecule is COc1ccc(NC(=O)OCCCBr)cc1. The molecule has 0 fully saturated rings. The van der Waals surface area contributed by atoms with E-state index in [1.54, 1.807) is 31.4 Å². The Hall–Kier alpha value is -1.23. The molecule has 0 saturated carbocycles. The van der Waals surface area contributed by atoms with Gasteiger partial charge in [-0.25, -0.2) is 4.79 Å². The Morgan fingerprint density at radius 3 is 2.62 bits per heavy atom. The summed E-state index contributed by atoms with van der Waals surface area (Å²) in [7, 11) is 1.59. The van der Waals surface area contributed by atoms with Crippen molar-refractivity contribution in [1.29, 1.82) is 0 Å². The van der Waals surface area contributed by atoms with Crippen LogP contribution in [-0.2, 0) is 4.74 Å². The highest BCUT2D eigenvalue weighted by Crippen LogP contribution is 2.14. The van der Waals surface area contributed by atoms with E-state index in [0.717, 1.165) is 17.5 Å². The largest absolute Gasteiger partial charge is 0.497 e. The van der Waals surface area contributed by atoms with Crippen molar-refractivity contribution in [1.82, 2.24) is 0 Å². The van der Waals surface area contributed by atoms with E-state index < -0.39 is 6.09 Å². The number of nitrogens with one attached hydrogen (secondary N) is 1. The molecule has 1 rings (SSSR count). The van der Waals surface area contributed by atoms with Gasteiger partial charge in [0.05, 0.1) is 13.7 Å². The fourth-order valence-electron chi connectivity index (χ4n) is 1.05. The number of hydrogen-bond acceptors (Lipinski definition) is 3. The zero-order valence-electron chi connectivity index (χ0n) is 9.03. The molecular formula is C11H14BrNO3. The fraction of sp³-hybridized carbons (Fsp3) is 0.364. The lowest BCUT2D eigenvalue weighted by molar-refractivity contribution is 0.162. The summed E-state index contributed by atoms with van der Waals surface area (Å²) in [6.45, 7) is 0.410. The van der Waals surface area contributed by atoms with Crippen molar-refractivity contribution >= 4 is 27.7 Å². The lowest BCUT2D eigenvalue weighted by Gasteiger charge is -2.06. The number of ether oxygens (including phenoxy) is 2. The highest BCUT2D eigenvalue weighted by Gasteiger charge is 2.02. The zero-order valence-corrected chi connectivity index (χ0v) is 10.6. The minimum Gasteiger partial charge on any atom is -0.497 e. The Morgan fingerprint density at radius 2 is 2.06 bits per heavy atom. The van der Waals surface area contributed by atoms with Gasteiger partial charge in [0.15, 0.2) is 0 Å². The third-order valence-electron chi connectivity index (χ3n) is 1.85. The molecule has 0 unspecified atom stereocenters. The van der Waals surface area contributed by atoms with E-state index in [1.807, 2.05) is 0 Å². The van der Waals surface area contributed by atoms with E-state index >= 15 is 0 Å². The number of rotatable bonds is 5. The van der Waals surface area contributed by atoms with Crippen LogP contribution in [0.5, 0.6) is 5.75 Å². The molecule has 1 amide bonds. The zero-order chi connectivity index (χ0) is 11.8. The third kappa shape index (κ3) is 4.53. The van der Waals surface area contributed by atoms with E-state index in [2.05, 4.69) is 21.2 Å². The predicted molar refractivity (Wildman–Crippen MR) is 66.4 cm³/mol. The number of alkyl halides is 1. The van der Waals surface area contributed by atoms with Gasteiger partial charge in [-0.15, -0.1) is 0 Å². The monoisotopic (exact) mass is 287 g/mol. The van der Waals surface area contributed by atoms with Crippen LogP contribution >= 0.6 is 15.9 Å². The first kappa shape index (κ1) is 12.8. The van der Waals surface area contributed by atoms with Crippen molar-refractivity contribution < 1.29 is 14.3 Å². The number of benzene rings is 1. The van der Waals surface area contributed by atoms with Gasteiger partial charge in [0.2, 0.25) is 0 Å². The van der Waals surface area contributed by atoms with Gasteiger partial charge in [-0.3, -0.25) is 5.32 Å². The number of amides is 1. The van der Waals surface area contributed by atoms with Crippen LogP contribution in [0.2, 0.25) is 0 Å². The van der Waals surface area contributed by atoms with Crippen LogP contribution in [0.1, 0.15) is 6.42 Å². The molecule has 0 atom stereocenters. The summed E-state index contributed by atoms with van der Waals surface area (Å²) in [6.07, 6.45) is 0.363. The Balaban J connectivity index is 2.37. The summed E-state index contributed by atoms with van der Waals surface area (Å²) in [4.78, 5) is 11.3. The van der Waals surface area contributed by atoms with E-state index in [1.165, 1.54) is 0 Å². The van der Waals surface area contributed by atoms with Crippen LogP contribution in [0.15, 0.2) is 24.3 Å². The lowest BCUT2D eigenvalue weighted by Crippen LogP contribution is -2.14. The van der Waals surface area contributed by atoms with Crippen molar-refractivity contribution in [2.45, 2.75) is 6.42 Å². The topological polar surface area (TPSA) is 47.6 Å². The standard InChI is InChI=1S/C11H14BrNO3/c1-15-10-5-3-9(4-6-10)13-11(14)16-8-2-7-12/h3-6H,2,7-8H2,1H3,(H,13,14). The number of carbonyl (C=O) groups is 1.